The van der Waals surface area contributed by atoms with Gasteiger partial charge in [0.05, 0.1) is 11.5 Å². The third kappa shape index (κ3) is 6.97. The number of hydrogen-bond donors (Lipinski definition) is 3. The van der Waals surface area contributed by atoms with E-state index in [0.29, 0.717) is 29.9 Å². The lowest BCUT2D eigenvalue weighted by molar-refractivity contribution is -0.145. The Labute approximate surface area is 239 Å². The van der Waals surface area contributed by atoms with Crippen molar-refractivity contribution in [3.63, 3.8) is 0 Å². The number of carbonyl (C=O) groups is 3. The Morgan fingerprint density at radius 3 is 2.17 bits per heavy atom. The maximum Gasteiger partial charge on any atom is 0.306 e. The van der Waals surface area contributed by atoms with Crippen molar-refractivity contribution in [1.82, 2.24) is 15.2 Å². The van der Waals surface area contributed by atoms with Crippen LogP contribution >= 0.6 is 0 Å². The highest BCUT2D eigenvalue weighted by Crippen LogP contribution is 2.34. The van der Waals surface area contributed by atoms with E-state index in [9.17, 15) is 19.5 Å². The SMILES string of the molecule is Cc1c(C(=O)NC2CC(C(=O)O)C2)cn(-c2cc(C(=O)NC(C)(C)C)cc(C(C)(C)C)c2)c1CC1CCCCC1. The molecule has 1 heterocycles. The second kappa shape index (κ2) is 11.4. The minimum atomic E-state index is -0.798. The number of aromatic nitrogens is 1. The van der Waals surface area contributed by atoms with Crippen LogP contribution in [0.15, 0.2) is 24.4 Å². The molecule has 2 aliphatic rings. The Balaban J connectivity index is 1.75. The molecule has 7 nitrogen and oxygen atoms in total. The van der Waals surface area contributed by atoms with Gasteiger partial charge in [-0.2, -0.15) is 0 Å². The van der Waals surface area contributed by atoms with E-state index in [-0.39, 0.29) is 34.7 Å². The van der Waals surface area contributed by atoms with Crippen molar-refractivity contribution in [2.24, 2.45) is 11.8 Å². The fourth-order valence-electron chi connectivity index (χ4n) is 5.94. The zero-order valence-electron chi connectivity index (χ0n) is 25.3. The van der Waals surface area contributed by atoms with Gasteiger partial charge in [-0.05, 0) is 87.6 Å². The highest BCUT2D eigenvalue weighted by Gasteiger charge is 2.36. The van der Waals surface area contributed by atoms with Crippen molar-refractivity contribution in [3.05, 3.63) is 52.3 Å². The molecule has 40 heavy (non-hydrogen) atoms. The summed E-state index contributed by atoms with van der Waals surface area (Å²) < 4.78 is 2.13. The van der Waals surface area contributed by atoms with E-state index in [1.54, 1.807) is 0 Å². The first-order valence-corrected chi connectivity index (χ1v) is 14.9. The molecule has 0 saturated heterocycles. The van der Waals surface area contributed by atoms with Gasteiger partial charge in [-0.15, -0.1) is 0 Å². The summed E-state index contributed by atoms with van der Waals surface area (Å²) in [6.07, 6.45) is 9.87. The van der Waals surface area contributed by atoms with Gasteiger partial charge in [0.2, 0.25) is 0 Å². The van der Waals surface area contributed by atoms with Gasteiger partial charge in [-0.25, -0.2) is 0 Å². The van der Waals surface area contributed by atoms with Gasteiger partial charge in [-0.1, -0.05) is 52.9 Å². The van der Waals surface area contributed by atoms with Crippen LogP contribution in [0.3, 0.4) is 0 Å². The van der Waals surface area contributed by atoms with Crippen LogP contribution in [0.1, 0.15) is 124 Å². The molecular formula is C33H47N3O4. The quantitative estimate of drug-likeness (QED) is 0.376. The van der Waals surface area contributed by atoms with Crippen LogP contribution < -0.4 is 10.6 Å². The number of amides is 2. The van der Waals surface area contributed by atoms with E-state index in [1.807, 2.05) is 46.0 Å². The van der Waals surface area contributed by atoms with Crippen molar-refractivity contribution < 1.29 is 19.5 Å². The van der Waals surface area contributed by atoms with Gasteiger partial charge in [-0.3, -0.25) is 14.4 Å². The highest BCUT2D eigenvalue weighted by molar-refractivity contribution is 5.97. The number of carboxylic acid groups (broad SMARTS) is 1. The monoisotopic (exact) mass is 549 g/mol. The molecule has 2 amide bonds. The molecule has 7 heteroatoms. The first kappa shape index (κ1) is 29.9. The molecule has 2 aliphatic carbocycles. The minimum absolute atomic E-state index is 0.116. The Morgan fingerprint density at radius 1 is 0.950 bits per heavy atom. The second-order valence-corrected chi connectivity index (χ2v) is 14.1. The molecule has 2 aromatic rings. The van der Waals surface area contributed by atoms with E-state index >= 15 is 0 Å². The van der Waals surface area contributed by atoms with Gasteiger partial charge in [0.1, 0.15) is 0 Å². The number of rotatable bonds is 7. The lowest BCUT2D eigenvalue weighted by Crippen LogP contribution is -2.46. The maximum atomic E-state index is 13.5. The average molecular weight is 550 g/mol. The minimum Gasteiger partial charge on any atom is -0.481 e. The van der Waals surface area contributed by atoms with E-state index in [4.69, 9.17) is 0 Å². The molecule has 0 aliphatic heterocycles. The largest absolute Gasteiger partial charge is 0.481 e. The zero-order valence-corrected chi connectivity index (χ0v) is 25.3. The summed E-state index contributed by atoms with van der Waals surface area (Å²) >= 11 is 0. The fraction of sp³-hybridized carbons (Fsp3) is 0.606. The first-order chi connectivity index (χ1) is 18.6. The molecule has 2 fully saturated rings. The van der Waals surface area contributed by atoms with Crippen molar-refractivity contribution in [1.29, 1.82) is 0 Å². The van der Waals surface area contributed by atoms with Gasteiger partial charge in [0, 0.05) is 34.7 Å². The molecule has 1 aromatic carbocycles. The summed E-state index contributed by atoms with van der Waals surface area (Å²) in [5.41, 5.74) is 4.69. The molecular weight excluding hydrogens is 502 g/mol. The number of aliphatic carboxylic acids is 1. The summed E-state index contributed by atoms with van der Waals surface area (Å²) in [4.78, 5) is 38.0. The lowest BCUT2D eigenvalue weighted by atomic mass is 9.80. The standard InChI is InChI=1S/C33H47N3O4/c1-20-27(30(38)34-25-15-23(16-25)31(39)40)19-36(28(20)13-21-11-9-8-10-12-21)26-17-22(29(37)35-33(5,6)7)14-24(18-26)32(2,3)4/h14,17-19,21,23,25H,8-13,15-16H2,1-7H3,(H,34,38)(H,35,37)(H,39,40). The first-order valence-electron chi connectivity index (χ1n) is 14.9. The third-order valence-electron chi connectivity index (χ3n) is 8.47. The van der Waals surface area contributed by atoms with Crippen LogP contribution in [0, 0.1) is 18.8 Å². The molecule has 1 aromatic heterocycles. The van der Waals surface area contributed by atoms with Crippen molar-refractivity contribution in [2.75, 3.05) is 0 Å². The maximum absolute atomic E-state index is 13.5. The van der Waals surface area contributed by atoms with Crippen LogP contribution in [-0.2, 0) is 16.6 Å². The highest BCUT2D eigenvalue weighted by atomic mass is 16.4. The summed E-state index contributed by atoms with van der Waals surface area (Å²) in [6, 6.07) is 5.94. The molecule has 0 spiro atoms. The summed E-state index contributed by atoms with van der Waals surface area (Å²) in [5.74, 6) is -0.890. The third-order valence-corrected chi connectivity index (χ3v) is 8.47. The van der Waals surface area contributed by atoms with E-state index in [2.05, 4.69) is 42.0 Å². The van der Waals surface area contributed by atoms with Gasteiger partial charge in [0.15, 0.2) is 0 Å². The Kier molecular flexibility index (Phi) is 8.53. The molecule has 3 N–H and O–H groups in total. The van der Waals surface area contributed by atoms with E-state index in [1.165, 1.54) is 32.1 Å². The Morgan fingerprint density at radius 2 is 1.60 bits per heavy atom. The van der Waals surface area contributed by atoms with Crippen molar-refractivity contribution in [3.8, 4) is 5.69 Å². The zero-order chi connectivity index (χ0) is 29.4. The van der Waals surface area contributed by atoms with Crippen LogP contribution in [0.2, 0.25) is 0 Å². The van der Waals surface area contributed by atoms with Crippen LogP contribution in [0.25, 0.3) is 5.69 Å². The Hall–Kier alpha value is -3.09. The van der Waals surface area contributed by atoms with Gasteiger partial charge in [0.25, 0.3) is 11.8 Å². The summed E-state index contributed by atoms with van der Waals surface area (Å²) in [5, 5.41) is 15.4. The number of nitrogens with one attached hydrogen (secondary N) is 2. The number of carboxylic acids is 1. The molecule has 0 atom stereocenters. The Bertz CT molecular complexity index is 1270. The number of nitrogens with zero attached hydrogens (tertiary/aromatic N) is 1. The van der Waals surface area contributed by atoms with Crippen LogP contribution in [0.5, 0.6) is 0 Å². The van der Waals surface area contributed by atoms with E-state index in [0.717, 1.165) is 28.9 Å². The topological polar surface area (TPSA) is 100 Å². The molecule has 0 radical (unpaired) electrons. The normalized spacial score (nSPS) is 20.1. The molecule has 2 saturated carbocycles. The van der Waals surface area contributed by atoms with Crippen molar-refractivity contribution >= 4 is 17.8 Å². The molecule has 4 rings (SSSR count). The number of hydrogen-bond acceptors (Lipinski definition) is 3. The smallest absolute Gasteiger partial charge is 0.306 e. The average Bonchev–Trinajstić information content (AvgIpc) is 3.15. The predicted molar refractivity (Wildman–Crippen MR) is 158 cm³/mol. The summed E-state index contributed by atoms with van der Waals surface area (Å²) in [7, 11) is 0. The molecule has 0 bridgehead atoms. The second-order valence-electron chi connectivity index (χ2n) is 14.1. The fourth-order valence-corrected chi connectivity index (χ4v) is 5.94. The van der Waals surface area contributed by atoms with Gasteiger partial charge < -0.3 is 20.3 Å². The number of carbonyl (C=O) groups excluding carboxylic acids is 2. The van der Waals surface area contributed by atoms with Crippen LogP contribution in [-0.4, -0.2) is 39.0 Å². The van der Waals surface area contributed by atoms with E-state index < -0.39 is 5.97 Å². The van der Waals surface area contributed by atoms with Crippen LogP contribution in [0.4, 0.5) is 0 Å². The van der Waals surface area contributed by atoms with Crippen molar-refractivity contribution in [2.45, 2.75) is 117 Å². The summed E-state index contributed by atoms with van der Waals surface area (Å²) in [6.45, 7) is 14.4. The number of benzene rings is 1. The molecule has 218 valence electrons. The predicted octanol–water partition coefficient (Wildman–Crippen LogP) is 6.33. The van der Waals surface area contributed by atoms with Gasteiger partial charge >= 0.3 is 5.97 Å². The molecule has 0 unspecified atom stereocenters. The lowest BCUT2D eigenvalue weighted by Gasteiger charge is -2.32.